The predicted octanol–water partition coefficient (Wildman–Crippen LogP) is 7.64. The third kappa shape index (κ3) is 5.11. The molecule has 150 valence electrons. The molecule has 0 atom stereocenters. The van der Waals surface area contributed by atoms with E-state index in [0.717, 1.165) is 43.7 Å². The lowest BCUT2D eigenvalue weighted by Gasteiger charge is -2.28. The van der Waals surface area contributed by atoms with E-state index in [-0.39, 0.29) is 5.92 Å². The van der Waals surface area contributed by atoms with Crippen molar-refractivity contribution in [2.75, 3.05) is 0 Å². The lowest BCUT2D eigenvalue weighted by molar-refractivity contribution is -0.142. The molecule has 0 spiro atoms. The van der Waals surface area contributed by atoms with Crippen molar-refractivity contribution < 1.29 is 22.0 Å². The molecule has 0 aromatic heterocycles. The maximum Gasteiger partial charge on any atom is 0.422 e. The van der Waals surface area contributed by atoms with Gasteiger partial charge >= 0.3 is 6.18 Å². The molecule has 0 saturated heterocycles. The van der Waals surface area contributed by atoms with Crippen LogP contribution >= 0.6 is 0 Å². The summed E-state index contributed by atoms with van der Waals surface area (Å²) in [5, 5.41) is 0. The first-order valence-electron chi connectivity index (χ1n) is 9.98. The zero-order chi connectivity index (χ0) is 19.6. The standard InChI is InChI=1S/C22H27F5/c1-14-2-4-15(5-3-14)6-7-16-8-10-17(11-9-16)18-12-19(23)21(20(24)13-18)22(25,26)27/h6-7,12-17H,2-5,8-11H2,1H3/b7-6+. The predicted molar refractivity (Wildman–Crippen MR) is 96.3 cm³/mol. The fraction of sp³-hybridized carbons (Fsp3) is 0.636. The van der Waals surface area contributed by atoms with Crippen molar-refractivity contribution in [1.82, 2.24) is 0 Å². The Morgan fingerprint density at radius 3 is 1.67 bits per heavy atom. The van der Waals surface area contributed by atoms with Gasteiger partial charge in [0.2, 0.25) is 0 Å². The topological polar surface area (TPSA) is 0 Å². The zero-order valence-corrected chi connectivity index (χ0v) is 15.7. The quantitative estimate of drug-likeness (QED) is 0.370. The van der Waals surface area contributed by atoms with Crippen LogP contribution in [0.1, 0.15) is 75.3 Å². The van der Waals surface area contributed by atoms with Gasteiger partial charge in [0.05, 0.1) is 0 Å². The van der Waals surface area contributed by atoms with E-state index in [2.05, 4.69) is 19.1 Å². The first-order valence-corrected chi connectivity index (χ1v) is 9.98. The molecule has 2 saturated carbocycles. The molecule has 0 nitrogen and oxygen atoms in total. The van der Waals surface area contributed by atoms with Gasteiger partial charge in [-0.3, -0.25) is 0 Å². The van der Waals surface area contributed by atoms with Crippen LogP contribution in [0.3, 0.4) is 0 Å². The average molecular weight is 386 g/mol. The fourth-order valence-electron chi connectivity index (χ4n) is 4.54. The highest BCUT2D eigenvalue weighted by Gasteiger charge is 2.38. The molecule has 0 radical (unpaired) electrons. The van der Waals surface area contributed by atoms with E-state index in [4.69, 9.17) is 0 Å². The summed E-state index contributed by atoms with van der Waals surface area (Å²) in [6.45, 7) is 2.30. The maximum atomic E-state index is 13.8. The minimum absolute atomic E-state index is 0.0727. The molecule has 0 unspecified atom stereocenters. The van der Waals surface area contributed by atoms with Crippen molar-refractivity contribution in [3.63, 3.8) is 0 Å². The molecule has 5 heteroatoms. The van der Waals surface area contributed by atoms with E-state index in [9.17, 15) is 22.0 Å². The van der Waals surface area contributed by atoms with Gasteiger partial charge in [-0.2, -0.15) is 13.2 Å². The van der Waals surface area contributed by atoms with Crippen molar-refractivity contribution in [3.8, 4) is 0 Å². The van der Waals surface area contributed by atoms with Crippen molar-refractivity contribution in [2.45, 2.75) is 70.4 Å². The van der Waals surface area contributed by atoms with E-state index < -0.39 is 23.4 Å². The molecule has 2 fully saturated rings. The number of halogens is 5. The van der Waals surface area contributed by atoms with Gasteiger partial charge in [-0.1, -0.05) is 31.9 Å². The van der Waals surface area contributed by atoms with Crippen molar-refractivity contribution >= 4 is 0 Å². The summed E-state index contributed by atoms with van der Waals surface area (Å²) < 4.78 is 65.8. The Hall–Kier alpha value is -1.39. The number of hydrogen-bond donors (Lipinski definition) is 0. The zero-order valence-electron chi connectivity index (χ0n) is 15.7. The first kappa shape index (κ1) is 20.3. The summed E-state index contributed by atoms with van der Waals surface area (Å²) in [7, 11) is 0. The number of allylic oxidation sites excluding steroid dienone is 2. The van der Waals surface area contributed by atoms with Gasteiger partial charge in [-0.05, 0) is 79.9 Å². The van der Waals surface area contributed by atoms with Crippen molar-refractivity contribution in [1.29, 1.82) is 0 Å². The molecule has 0 aliphatic heterocycles. The van der Waals surface area contributed by atoms with E-state index in [1.807, 2.05) is 0 Å². The Labute approximate surface area is 157 Å². The maximum absolute atomic E-state index is 13.8. The van der Waals surface area contributed by atoms with Gasteiger partial charge in [0.25, 0.3) is 0 Å². The highest BCUT2D eigenvalue weighted by atomic mass is 19.4. The van der Waals surface area contributed by atoms with Gasteiger partial charge in [0, 0.05) is 0 Å². The summed E-state index contributed by atoms with van der Waals surface area (Å²) in [6.07, 6.45) is 8.02. The summed E-state index contributed by atoms with van der Waals surface area (Å²) >= 11 is 0. The summed E-state index contributed by atoms with van der Waals surface area (Å²) in [6, 6.07) is 1.74. The van der Waals surface area contributed by atoms with Gasteiger partial charge in [-0.25, -0.2) is 8.78 Å². The van der Waals surface area contributed by atoms with Crippen LogP contribution in [0.15, 0.2) is 24.3 Å². The minimum atomic E-state index is -5.01. The second-order valence-electron chi connectivity index (χ2n) is 8.37. The van der Waals surface area contributed by atoms with Gasteiger partial charge in [0.1, 0.15) is 17.2 Å². The van der Waals surface area contributed by atoms with Crippen LogP contribution in [-0.2, 0) is 6.18 Å². The SMILES string of the molecule is CC1CCC(/C=C/C2CCC(c3cc(F)c(C(F)(F)F)c(F)c3)CC2)CC1. The minimum Gasteiger partial charge on any atom is -0.206 e. The third-order valence-corrected chi connectivity index (χ3v) is 6.31. The molecule has 3 rings (SSSR count). The second kappa shape index (κ2) is 8.32. The first-order chi connectivity index (χ1) is 12.7. The Kier molecular flexibility index (Phi) is 6.27. The number of benzene rings is 1. The lowest BCUT2D eigenvalue weighted by Crippen LogP contribution is -2.16. The van der Waals surface area contributed by atoms with Crippen LogP contribution in [-0.4, -0.2) is 0 Å². The Morgan fingerprint density at radius 1 is 0.778 bits per heavy atom. The highest BCUT2D eigenvalue weighted by Crippen LogP contribution is 2.40. The average Bonchev–Trinajstić information content (AvgIpc) is 2.60. The molecular formula is C22H27F5. The monoisotopic (exact) mass is 386 g/mol. The molecule has 1 aromatic carbocycles. The second-order valence-corrected chi connectivity index (χ2v) is 8.37. The molecular weight excluding hydrogens is 359 g/mol. The van der Waals surface area contributed by atoms with Crippen molar-refractivity contribution in [2.24, 2.45) is 17.8 Å². The molecule has 0 bridgehead atoms. The Morgan fingerprint density at radius 2 is 1.22 bits per heavy atom. The van der Waals surface area contributed by atoms with Crippen molar-refractivity contribution in [3.05, 3.63) is 47.0 Å². The number of rotatable bonds is 3. The highest BCUT2D eigenvalue weighted by molar-refractivity contribution is 5.31. The Bertz CT molecular complexity index is 637. The van der Waals surface area contributed by atoms with Crippen LogP contribution in [0, 0.1) is 29.4 Å². The number of alkyl halides is 3. The van der Waals surface area contributed by atoms with E-state index in [1.54, 1.807) is 0 Å². The summed E-state index contributed by atoms with van der Waals surface area (Å²) in [4.78, 5) is 0. The van der Waals surface area contributed by atoms with Gasteiger partial charge < -0.3 is 0 Å². The van der Waals surface area contributed by atoms with Gasteiger partial charge in [0.15, 0.2) is 0 Å². The van der Waals surface area contributed by atoms with Crippen LogP contribution in [0.5, 0.6) is 0 Å². The lowest BCUT2D eigenvalue weighted by atomic mass is 9.77. The number of hydrogen-bond acceptors (Lipinski definition) is 0. The fourth-order valence-corrected chi connectivity index (χ4v) is 4.54. The summed E-state index contributed by atoms with van der Waals surface area (Å²) in [5.41, 5.74) is -1.44. The molecule has 1 aromatic rings. The largest absolute Gasteiger partial charge is 0.422 e. The van der Waals surface area contributed by atoms with Crippen LogP contribution in [0.25, 0.3) is 0 Å². The molecule has 27 heavy (non-hydrogen) atoms. The normalized spacial score (nSPS) is 30.0. The van der Waals surface area contributed by atoms with E-state index in [1.165, 1.54) is 25.7 Å². The van der Waals surface area contributed by atoms with Crippen LogP contribution in [0.4, 0.5) is 22.0 Å². The Balaban J connectivity index is 1.58. The van der Waals surface area contributed by atoms with Gasteiger partial charge in [-0.15, -0.1) is 0 Å². The third-order valence-electron chi connectivity index (χ3n) is 6.31. The van der Waals surface area contributed by atoms with Crippen LogP contribution < -0.4 is 0 Å². The molecule has 2 aliphatic carbocycles. The van der Waals surface area contributed by atoms with E-state index in [0.29, 0.717) is 17.4 Å². The molecule has 2 aliphatic rings. The van der Waals surface area contributed by atoms with E-state index >= 15 is 0 Å². The van der Waals surface area contributed by atoms with Crippen LogP contribution in [0.2, 0.25) is 0 Å². The molecule has 0 amide bonds. The molecule has 0 N–H and O–H groups in total. The molecule has 0 heterocycles. The smallest absolute Gasteiger partial charge is 0.206 e. The summed E-state index contributed by atoms with van der Waals surface area (Å²) in [5.74, 6) is -1.13.